The van der Waals surface area contributed by atoms with Gasteiger partial charge < -0.3 is 15.1 Å². The zero-order valence-electron chi connectivity index (χ0n) is 14.0. The molecule has 1 aliphatic rings. The maximum atomic E-state index is 12.5. The number of rotatable bonds is 3. The molecule has 1 N–H and O–H groups in total. The highest BCUT2D eigenvalue weighted by molar-refractivity contribution is 5.88. The maximum Gasteiger partial charge on any atom is 0.244 e. The van der Waals surface area contributed by atoms with E-state index in [-0.39, 0.29) is 30.8 Å². The molecular weight excluding hydrogens is 298 g/mol. The van der Waals surface area contributed by atoms with Crippen molar-refractivity contribution in [1.82, 2.24) is 24.9 Å². The molecule has 1 fully saturated rings. The Morgan fingerprint density at radius 3 is 2.52 bits per heavy atom. The minimum absolute atomic E-state index is 0.103. The molecular formula is C15H23N5O3. The molecule has 1 aliphatic heterocycles. The third kappa shape index (κ3) is 3.69. The normalized spacial score (nSPS) is 18.0. The molecule has 1 aromatic rings. The van der Waals surface area contributed by atoms with Gasteiger partial charge in [-0.2, -0.15) is 5.10 Å². The molecule has 8 nitrogen and oxygen atoms in total. The van der Waals surface area contributed by atoms with Crippen LogP contribution < -0.4 is 5.32 Å². The predicted molar refractivity (Wildman–Crippen MR) is 83.5 cm³/mol. The van der Waals surface area contributed by atoms with Crippen molar-refractivity contribution in [3.05, 3.63) is 17.5 Å². The monoisotopic (exact) mass is 321 g/mol. The fraction of sp³-hybridized carbons (Fsp3) is 0.600. The Kier molecular flexibility index (Phi) is 5.02. The van der Waals surface area contributed by atoms with E-state index in [0.717, 1.165) is 11.4 Å². The van der Waals surface area contributed by atoms with E-state index < -0.39 is 6.04 Å². The van der Waals surface area contributed by atoms with E-state index in [2.05, 4.69) is 10.4 Å². The SMILES string of the molecule is CNC(=O)C1CN(C(=O)Cn2nc(C)cc2C)CCN1C(C)=O. The van der Waals surface area contributed by atoms with Gasteiger partial charge in [0.15, 0.2) is 0 Å². The van der Waals surface area contributed by atoms with Crippen molar-refractivity contribution in [2.75, 3.05) is 26.7 Å². The largest absolute Gasteiger partial charge is 0.357 e. The third-order valence-electron chi connectivity index (χ3n) is 4.07. The molecule has 3 amide bonds. The molecule has 0 aliphatic carbocycles. The van der Waals surface area contributed by atoms with Gasteiger partial charge in [0.2, 0.25) is 17.7 Å². The summed E-state index contributed by atoms with van der Waals surface area (Å²) in [4.78, 5) is 39.3. The standard InChI is InChI=1S/C15H23N5O3/c1-10-7-11(2)20(17-10)9-14(22)18-5-6-19(12(3)21)13(8-18)15(23)16-4/h7,13H,5-6,8-9H2,1-4H3,(H,16,23). The van der Waals surface area contributed by atoms with Crippen LogP contribution in [-0.2, 0) is 20.9 Å². The number of aryl methyl sites for hydroxylation is 2. The fourth-order valence-corrected chi connectivity index (χ4v) is 2.84. The molecule has 0 radical (unpaired) electrons. The Balaban J connectivity index is 2.08. The highest BCUT2D eigenvalue weighted by Crippen LogP contribution is 2.12. The van der Waals surface area contributed by atoms with E-state index in [9.17, 15) is 14.4 Å². The van der Waals surface area contributed by atoms with E-state index in [1.807, 2.05) is 19.9 Å². The minimum atomic E-state index is -0.643. The summed E-state index contributed by atoms with van der Waals surface area (Å²) >= 11 is 0. The summed E-state index contributed by atoms with van der Waals surface area (Å²) in [5.74, 6) is -0.527. The first-order valence-electron chi connectivity index (χ1n) is 7.61. The molecule has 0 spiro atoms. The van der Waals surface area contributed by atoms with Gasteiger partial charge in [-0.05, 0) is 19.9 Å². The Bertz CT molecular complexity index is 625. The molecule has 0 saturated carbocycles. The van der Waals surface area contributed by atoms with E-state index in [4.69, 9.17) is 0 Å². The first-order valence-corrected chi connectivity index (χ1v) is 7.61. The molecule has 1 aromatic heterocycles. The van der Waals surface area contributed by atoms with Gasteiger partial charge in [-0.3, -0.25) is 19.1 Å². The van der Waals surface area contributed by atoms with Crippen LogP contribution in [0.2, 0.25) is 0 Å². The lowest BCUT2D eigenvalue weighted by Crippen LogP contribution is -2.61. The van der Waals surface area contributed by atoms with Gasteiger partial charge in [0.25, 0.3) is 0 Å². The molecule has 8 heteroatoms. The number of carbonyl (C=O) groups excluding carboxylic acids is 3. The van der Waals surface area contributed by atoms with Gasteiger partial charge in [-0.25, -0.2) is 0 Å². The number of amides is 3. The molecule has 1 atom stereocenters. The summed E-state index contributed by atoms with van der Waals surface area (Å²) in [7, 11) is 1.53. The van der Waals surface area contributed by atoms with Crippen molar-refractivity contribution in [1.29, 1.82) is 0 Å². The molecule has 2 heterocycles. The average Bonchev–Trinajstić information content (AvgIpc) is 2.83. The Labute approximate surface area is 135 Å². The lowest BCUT2D eigenvalue weighted by atomic mass is 10.1. The zero-order valence-corrected chi connectivity index (χ0v) is 14.0. The molecule has 1 saturated heterocycles. The fourth-order valence-electron chi connectivity index (χ4n) is 2.84. The van der Waals surface area contributed by atoms with Crippen LogP contribution in [0, 0.1) is 13.8 Å². The lowest BCUT2D eigenvalue weighted by molar-refractivity contribution is -0.147. The lowest BCUT2D eigenvalue weighted by Gasteiger charge is -2.40. The van der Waals surface area contributed by atoms with E-state index in [1.54, 1.807) is 9.58 Å². The summed E-state index contributed by atoms with van der Waals surface area (Å²) < 4.78 is 1.66. The van der Waals surface area contributed by atoms with Crippen LogP contribution in [0.15, 0.2) is 6.07 Å². The van der Waals surface area contributed by atoms with Gasteiger partial charge in [0, 0.05) is 32.8 Å². The minimum Gasteiger partial charge on any atom is -0.357 e. The first kappa shape index (κ1) is 17.0. The molecule has 2 rings (SSSR count). The van der Waals surface area contributed by atoms with Crippen molar-refractivity contribution in [3.63, 3.8) is 0 Å². The van der Waals surface area contributed by atoms with Gasteiger partial charge in [-0.15, -0.1) is 0 Å². The molecule has 1 unspecified atom stereocenters. The van der Waals surface area contributed by atoms with Gasteiger partial charge in [-0.1, -0.05) is 0 Å². The third-order valence-corrected chi connectivity index (χ3v) is 4.07. The number of carbonyl (C=O) groups is 3. The highest BCUT2D eigenvalue weighted by Gasteiger charge is 2.35. The second-order valence-corrected chi connectivity index (χ2v) is 5.77. The predicted octanol–water partition coefficient (Wildman–Crippen LogP) is -0.695. The Hall–Kier alpha value is -2.38. The van der Waals surface area contributed by atoms with Crippen LogP contribution in [-0.4, -0.2) is 70.0 Å². The summed E-state index contributed by atoms with van der Waals surface area (Å²) in [6.07, 6.45) is 0. The second kappa shape index (κ2) is 6.80. The van der Waals surface area contributed by atoms with E-state index >= 15 is 0 Å². The van der Waals surface area contributed by atoms with E-state index in [0.29, 0.717) is 13.1 Å². The number of nitrogens with one attached hydrogen (secondary N) is 1. The molecule has 126 valence electrons. The topological polar surface area (TPSA) is 87.5 Å². The van der Waals surface area contributed by atoms with Gasteiger partial charge >= 0.3 is 0 Å². The number of hydrogen-bond donors (Lipinski definition) is 1. The summed E-state index contributed by atoms with van der Waals surface area (Å²) in [6.45, 7) is 6.33. The smallest absolute Gasteiger partial charge is 0.244 e. The Morgan fingerprint density at radius 2 is 2.00 bits per heavy atom. The van der Waals surface area contributed by atoms with Crippen LogP contribution >= 0.6 is 0 Å². The number of likely N-dealkylation sites (N-methyl/N-ethyl adjacent to an activating group) is 1. The molecule has 23 heavy (non-hydrogen) atoms. The Morgan fingerprint density at radius 1 is 1.30 bits per heavy atom. The van der Waals surface area contributed by atoms with Crippen molar-refractivity contribution in [2.24, 2.45) is 0 Å². The molecule has 0 aromatic carbocycles. The number of nitrogens with zero attached hydrogens (tertiary/aromatic N) is 4. The summed E-state index contributed by atoms with van der Waals surface area (Å²) in [6, 6.07) is 1.27. The van der Waals surface area contributed by atoms with Crippen LogP contribution in [0.1, 0.15) is 18.3 Å². The number of piperazine rings is 1. The second-order valence-electron chi connectivity index (χ2n) is 5.77. The van der Waals surface area contributed by atoms with Crippen molar-refractivity contribution in [2.45, 2.75) is 33.4 Å². The highest BCUT2D eigenvalue weighted by atomic mass is 16.2. The quantitative estimate of drug-likeness (QED) is 0.798. The summed E-state index contributed by atoms with van der Waals surface area (Å²) in [5, 5.41) is 6.84. The van der Waals surface area contributed by atoms with Crippen LogP contribution in [0.4, 0.5) is 0 Å². The van der Waals surface area contributed by atoms with Crippen molar-refractivity contribution in [3.8, 4) is 0 Å². The number of aromatic nitrogens is 2. The van der Waals surface area contributed by atoms with Gasteiger partial charge in [0.1, 0.15) is 12.6 Å². The van der Waals surface area contributed by atoms with Crippen molar-refractivity contribution >= 4 is 17.7 Å². The van der Waals surface area contributed by atoms with Crippen LogP contribution in [0.5, 0.6) is 0 Å². The summed E-state index contributed by atoms with van der Waals surface area (Å²) in [5.41, 5.74) is 1.78. The molecule has 0 bridgehead atoms. The van der Waals surface area contributed by atoms with E-state index in [1.165, 1.54) is 18.9 Å². The maximum absolute atomic E-state index is 12.5. The number of hydrogen-bond acceptors (Lipinski definition) is 4. The van der Waals surface area contributed by atoms with Crippen molar-refractivity contribution < 1.29 is 14.4 Å². The van der Waals surface area contributed by atoms with Crippen LogP contribution in [0.3, 0.4) is 0 Å². The van der Waals surface area contributed by atoms with Gasteiger partial charge in [0.05, 0.1) is 12.2 Å². The first-order chi connectivity index (χ1) is 10.8. The zero-order chi connectivity index (χ0) is 17.1. The average molecular weight is 321 g/mol. The van der Waals surface area contributed by atoms with Crippen LogP contribution in [0.25, 0.3) is 0 Å².